The first kappa shape index (κ1) is 20.3. The number of nitrogens with two attached hydrogens (primary N) is 2. The van der Waals surface area contributed by atoms with Crippen LogP contribution in [0.25, 0.3) is 22.5 Å². The van der Waals surface area contributed by atoms with Crippen molar-refractivity contribution < 1.29 is 17.5 Å². The van der Waals surface area contributed by atoms with Gasteiger partial charge in [-0.05, 0) is 24.3 Å². The Morgan fingerprint density at radius 1 is 0.786 bits per heavy atom. The third-order valence-corrected chi connectivity index (χ3v) is 6.30. The van der Waals surface area contributed by atoms with Gasteiger partial charge in [0.2, 0.25) is 0 Å². The van der Waals surface area contributed by atoms with E-state index in [4.69, 9.17) is 11.7 Å². The second kappa shape index (κ2) is 7.90. The van der Waals surface area contributed by atoms with Crippen LogP contribution in [0.2, 0.25) is 0 Å². The zero-order valence-corrected chi connectivity index (χ0v) is 16.0. The molecule has 0 spiro atoms. The van der Waals surface area contributed by atoms with Gasteiger partial charge in [0.1, 0.15) is 0 Å². The molecule has 0 aliphatic rings. The summed E-state index contributed by atoms with van der Waals surface area (Å²) in [5, 5.41) is 0. The van der Waals surface area contributed by atoms with E-state index in [1.807, 2.05) is 4.83 Å². The van der Waals surface area contributed by atoms with E-state index in [-0.39, 0.29) is 9.79 Å². The molecule has 2 aromatic carbocycles. The molecule has 0 bridgehead atoms. The third-order valence-electron chi connectivity index (χ3n) is 3.87. The van der Waals surface area contributed by atoms with Crippen LogP contribution in [-0.4, -0.2) is 27.5 Å². The van der Waals surface area contributed by atoms with E-state index < -0.39 is 20.8 Å². The Morgan fingerprint density at radius 2 is 1.29 bits per heavy atom. The summed E-state index contributed by atoms with van der Waals surface area (Å²) in [5.41, 5.74) is 1.87. The molecule has 3 aromatic rings. The standard InChI is InChI=1S/C16H18N6O4S2/c17-21-27(23,24)13-5-1-3-11(9-13)15-16(20-8-7-19-15)12-4-2-6-14(10-12)28(25,26)22-18/h1-10,21-24H,17-18H2. The fourth-order valence-electron chi connectivity index (χ4n) is 2.53. The third kappa shape index (κ3) is 4.04. The van der Waals surface area contributed by atoms with Crippen LogP contribution in [0.1, 0.15) is 0 Å². The maximum atomic E-state index is 12.0. The van der Waals surface area contributed by atoms with Crippen molar-refractivity contribution in [1.29, 1.82) is 0 Å². The van der Waals surface area contributed by atoms with E-state index >= 15 is 0 Å². The van der Waals surface area contributed by atoms with Crippen LogP contribution < -0.4 is 21.3 Å². The van der Waals surface area contributed by atoms with E-state index in [2.05, 4.69) is 9.97 Å². The quantitative estimate of drug-likeness (QED) is 0.253. The molecule has 28 heavy (non-hydrogen) atoms. The molecule has 0 aliphatic heterocycles. The van der Waals surface area contributed by atoms with Gasteiger partial charge in [-0.25, -0.2) is 8.42 Å². The maximum Gasteiger partial charge on any atom is 0.253 e. The summed E-state index contributed by atoms with van der Waals surface area (Å²) in [4.78, 5) is 12.6. The van der Waals surface area contributed by atoms with E-state index in [1.54, 1.807) is 29.1 Å². The molecule has 0 saturated heterocycles. The second-order valence-electron chi connectivity index (χ2n) is 5.60. The number of aromatic nitrogens is 2. The highest BCUT2D eigenvalue weighted by Gasteiger charge is 2.18. The summed E-state index contributed by atoms with van der Waals surface area (Å²) in [5.74, 6) is 10.3. The lowest BCUT2D eigenvalue weighted by atomic mass is 10.0. The minimum atomic E-state index is -3.84. The predicted molar refractivity (Wildman–Crippen MR) is 106 cm³/mol. The van der Waals surface area contributed by atoms with Crippen molar-refractivity contribution in [2.24, 2.45) is 11.7 Å². The number of sulfonamides is 1. The van der Waals surface area contributed by atoms with Crippen molar-refractivity contribution in [1.82, 2.24) is 19.6 Å². The normalized spacial score (nSPS) is 12.7. The lowest BCUT2D eigenvalue weighted by Crippen LogP contribution is -2.30. The Kier molecular flexibility index (Phi) is 5.74. The van der Waals surface area contributed by atoms with Crippen LogP contribution in [0, 0.1) is 0 Å². The van der Waals surface area contributed by atoms with Gasteiger partial charge in [0, 0.05) is 23.5 Å². The molecular formula is C16H18N6O4S2. The summed E-state index contributed by atoms with van der Waals surface area (Å²) in [7, 11) is -7.20. The van der Waals surface area contributed by atoms with Crippen molar-refractivity contribution in [2.75, 3.05) is 0 Å². The Hall–Kier alpha value is -2.42. The van der Waals surface area contributed by atoms with Crippen LogP contribution >= 0.6 is 10.8 Å². The van der Waals surface area contributed by atoms with Crippen molar-refractivity contribution in [2.45, 2.75) is 9.79 Å². The Bertz CT molecular complexity index is 1110. The zero-order chi connectivity index (χ0) is 20.4. The summed E-state index contributed by atoms with van der Waals surface area (Å²) in [6.07, 6.45) is 2.95. The smallest absolute Gasteiger partial charge is 0.253 e. The highest BCUT2D eigenvalue weighted by Crippen LogP contribution is 2.44. The molecule has 3 rings (SSSR count). The molecule has 12 heteroatoms. The van der Waals surface area contributed by atoms with E-state index in [9.17, 15) is 17.5 Å². The fraction of sp³-hybridized carbons (Fsp3) is 0. The molecule has 1 heterocycles. The molecule has 148 valence electrons. The molecule has 0 atom stereocenters. The molecule has 0 amide bonds. The first-order valence-electron chi connectivity index (χ1n) is 7.78. The highest BCUT2D eigenvalue weighted by molar-refractivity contribution is 8.22. The Balaban J connectivity index is 2.14. The van der Waals surface area contributed by atoms with Crippen LogP contribution in [0.3, 0.4) is 0 Å². The van der Waals surface area contributed by atoms with Crippen LogP contribution in [-0.2, 0) is 10.0 Å². The van der Waals surface area contributed by atoms with Gasteiger partial charge in [-0.15, -0.1) is 0 Å². The first-order chi connectivity index (χ1) is 13.3. The molecule has 0 fully saturated rings. The summed E-state index contributed by atoms with van der Waals surface area (Å²) in [6.45, 7) is 0. The number of rotatable bonds is 6. The van der Waals surface area contributed by atoms with Crippen LogP contribution in [0.15, 0.2) is 70.7 Å². The van der Waals surface area contributed by atoms with E-state index in [0.29, 0.717) is 22.5 Å². The average Bonchev–Trinajstić information content (AvgIpc) is 2.74. The van der Waals surface area contributed by atoms with Gasteiger partial charge in [-0.2, -0.15) is 9.66 Å². The summed E-state index contributed by atoms with van der Waals surface area (Å²) in [6, 6.07) is 12.4. The molecule has 0 aliphatic carbocycles. The molecule has 0 unspecified atom stereocenters. The topological polar surface area (TPSA) is 176 Å². The van der Waals surface area contributed by atoms with Crippen LogP contribution in [0.5, 0.6) is 0 Å². The van der Waals surface area contributed by atoms with Crippen molar-refractivity contribution in [3.05, 3.63) is 60.9 Å². The van der Waals surface area contributed by atoms with Crippen LogP contribution in [0.4, 0.5) is 0 Å². The Morgan fingerprint density at radius 3 is 1.79 bits per heavy atom. The monoisotopic (exact) mass is 422 g/mol. The largest absolute Gasteiger partial charge is 0.281 e. The number of hydrazine groups is 2. The molecule has 0 radical (unpaired) electrons. The molecule has 0 saturated carbocycles. The number of hydrogen-bond donors (Lipinski definition) is 6. The van der Waals surface area contributed by atoms with Crippen molar-refractivity contribution in [3.8, 4) is 22.5 Å². The zero-order valence-electron chi connectivity index (χ0n) is 14.4. The summed E-state index contributed by atoms with van der Waals surface area (Å²) < 4.78 is 43.9. The number of nitrogens with one attached hydrogen (secondary N) is 2. The van der Waals surface area contributed by atoms with Crippen molar-refractivity contribution in [3.63, 3.8) is 0 Å². The first-order valence-corrected chi connectivity index (χ1v) is 10.8. The van der Waals surface area contributed by atoms with Gasteiger partial charge in [-0.3, -0.25) is 30.8 Å². The second-order valence-corrected chi connectivity index (χ2v) is 9.12. The van der Waals surface area contributed by atoms with E-state index in [1.165, 1.54) is 36.7 Å². The minimum absolute atomic E-state index is 0.0284. The number of nitrogens with zero attached hydrogens (tertiary/aromatic N) is 2. The SMILES string of the molecule is NNS(O)(O)c1cccc(-c2nccnc2-c2cccc(S(=O)(=O)NN)c2)c1. The molecule has 10 nitrogen and oxygen atoms in total. The molecule has 8 N–H and O–H groups in total. The van der Waals surface area contributed by atoms with Crippen molar-refractivity contribution >= 4 is 20.8 Å². The predicted octanol–water partition coefficient (Wildman–Crippen LogP) is 1.45. The van der Waals surface area contributed by atoms with Gasteiger partial charge < -0.3 is 0 Å². The van der Waals surface area contributed by atoms with Gasteiger partial charge >= 0.3 is 0 Å². The maximum absolute atomic E-state index is 12.0. The molecular weight excluding hydrogens is 404 g/mol. The summed E-state index contributed by atoms with van der Waals surface area (Å²) >= 11 is 0. The lowest BCUT2D eigenvalue weighted by molar-refractivity contribution is 0.472. The van der Waals surface area contributed by atoms with Gasteiger partial charge in [0.15, 0.2) is 0 Å². The molecule has 1 aromatic heterocycles. The highest BCUT2D eigenvalue weighted by atomic mass is 32.3. The van der Waals surface area contributed by atoms with E-state index in [0.717, 1.165) is 0 Å². The average molecular weight is 422 g/mol. The number of hydrogen-bond acceptors (Lipinski definition) is 9. The Labute approximate surface area is 163 Å². The minimum Gasteiger partial charge on any atom is -0.281 e. The van der Waals surface area contributed by atoms with Gasteiger partial charge in [0.25, 0.3) is 10.0 Å². The van der Waals surface area contributed by atoms with Gasteiger partial charge in [0.05, 0.1) is 21.2 Å². The lowest BCUT2D eigenvalue weighted by Gasteiger charge is -2.30. The fourth-order valence-corrected chi connectivity index (χ4v) is 3.90. The number of benzene rings is 2. The van der Waals surface area contributed by atoms with Gasteiger partial charge in [-0.1, -0.05) is 35.0 Å².